The van der Waals surface area contributed by atoms with Crippen LogP contribution >= 0.6 is 0 Å². The second kappa shape index (κ2) is 9.56. The normalized spacial score (nSPS) is 19.0. The van der Waals surface area contributed by atoms with Crippen LogP contribution in [0.25, 0.3) is 0 Å². The Morgan fingerprint density at radius 3 is 2.50 bits per heavy atom. The fraction of sp³-hybridized carbons (Fsp3) is 0.455. The molecule has 0 radical (unpaired) electrons. The van der Waals surface area contributed by atoms with Gasteiger partial charge in [-0.3, -0.25) is 9.59 Å². The van der Waals surface area contributed by atoms with Crippen LogP contribution in [0.2, 0.25) is 0 Å². The Morgan fingerprint density at radius 1 is 1.23 bits per heavy atom. The molecule has 1 saturated heterocycles. The first-order chi connectivity index (χ1) is 14.0. The van der Waals surface area contributed by atoms with Crippen LogP contribution in [0.5, 0.6) is 0 Å². The molecule has 1 amide bonds. The zero-order valence-corrected chi connectivity index (χ0v) is 17.6. The molecule has 1 heterocycles. The number of nitrogens with one attached hydrogen (secondary N) is 1. The Bertz CT molecular complexity index is 840. The lowest BCUT2D eigenvalue weighted by molar-refractivity contribution is -0.141. The molecule has 1 N–H and O–H groups in total. The van der Waals surface area contributed by atoms with Gasteiger partial charge in [0.2, 0.25) is 5.91 Å². The van der Waals surface area contributed by atoms with Crippen LogP contribution in [0.15, 0.2) is 36.9 Å². The van der Waals surface area contributed by atoms with Crippen molar-refractivity contribution < 1.29 is 33.4 Å². The molecule has 0 unspecified atom stereocenters. The van der Waals surface area contributed by atoms with E-state index in [0.29, 0.717) is 5.56 Å². The number of esters is 1. The van der Waals surface area contributed by atoms with Gasteiger partial charge >= 0.3 is 12.1 Å². The van der Waals surface area contributed by atoms with E-state index in [1.54, 1.807) is 45.9 Å². The fourth-order valence-electron chi connectivity index (χ4n) is 3.03. The topological polar surface area (TPSA) is 108 Å². The van der Waals surface area contributed by atoms with E-state index in [0.717, 1.165) is 0 Å². The molecule has 8 nitrogen and oxygen atoms in total. The minimum atomic E-state index is -0.905. The Labute approximate surface area is 175 Å². The van der Waals surface area contributed by atoms with Crippen molar-refractivity contribution in [2.75, 3.05) is 6.61 Å². The lowest BCUT2D eigenvalue weighted by Crippen LogP contribution is -2.63. The lowest BCUT2D eigenvalue weighted by atomic mass is 9.82. The van der Waals surface area contributed by atoms with Gasteiger partial charge in [0, 0.05) is 12.0 Å². The van der Waals surface area contributed by atoms with Crippen LogP contribution in [0, 0.1) is 5.92 Å². The van der Waals surface area contributed by atoms with Crippen LogP contribution in [0.1, 0.15) is 54.8 Å². The van der Waals surface area contributed by atoms with E-state index < -0.39 is 35.8 Å². The van der Waals surface area contributed by atoms with Gasteiger partial charge in [-0.05, 0) is 39.8 Å². The van der Waals surface area contributed by atoms with E-state index in [-0.39, 0.29) is 30.3 Å². The molecule has 0 bridgehead atoms. The van der Waals surface area contributed by atoms with Gasteiger partial charge in [-0.25, -0.2) is 9.59 Å². The molecule has 8 heteroatoms. The van der Waals surface area contributed by atoms with E-state index in [9.17, 15) is 19.2 Å². The number of benzene rings is 1. The predicted octanol–water partition coefficient (Wildman–Crippen LogP) is 3.06. The molecule has 1 aliphatic rings. The molecule has 30 heavy (non-hydrogen) atoms. The first kappa shape index (κ1) is 23.1. The SMILES string of the molecule is C=CCOC(=O)O[C@H](C)[C@H]1C(=O)N[C@@H]1CC(=O)c1cccc(C(=O)OC(C)(C)C)c1. The molecule has 1 aromatic rings. The van der Waals surface area contributed by atoms with Crippen molar-refractivity contribution in [1.82, 2.24) is 5.32 Å². The monoisotopic (exact) mass is 417 g/mol. The minimum absolute atomic E-state index is 0.00167. The summed E-state index contributed by atoms with van der Waals surface area (Å²) in [5.74, 6) is -1.75. The standard InChI is InChI=1S/C22H27NO7/c1-6-10-28-21(27)29-13(2)18-16(23-19(18)25)12-17(24)14-8-7-9-15(11-14)20(26)30-22(3,4)5/h6-9,11,13,16,18H,1,10,12H2,2-5H3,(H,23,25)/t13-,16-,18-/m1/s1. The number of carbonyl (C=O) groups is 4. The maximum absolute atomic E-state index is 12.7. The van der Waals surface area contributed by atoms with Crippen molar-refractivity contribution >= 4 is 23.8 Å². The van der Waals surface area contributed by atoms with Crippen molar-refractivity contribution in [1.29, 1.82) is 0 Å². The summed E-state index contributed by atoms with van der Waals surface area (Å²) in [6, 6.07) is 5.75. The Kier molecular flexibility index (Phi) is 7.37. The molecule has 2 rings (SSSR count). The summed E-state index contributed by atoms with van der Waals surface area (Å²) in [6.07, 6.45) is -0.266. The number of amides is 1. The van der Waals surface area contributed by atoms with Crippen molar-refractivity contribution in [2.24, 2.45) is 5.92 Å². The van der Waals surface area contributed by atoms with E-state index >= 15 is 0 Å². The summed E-state index contributed by atoms with van der Waals surface area (Å²) in [5.41, 5.74) is -0.0485. The molecule has 1 fully saturated rings. The van der Waals surface area contributed by atoms with Gasteiger partial charge in [0.15, 0.2) is 5.78 Å². The molecule has 0 aliphatic carbocycles. The summed E-state index contributed by atoms with van der Waals surface area (Å²) in [6.45, 7) is 10.3. The number of Topliss-reactive ketones (excluding diaryl/α,β-unsaturated/α-hetero) is 1. The average molecular weight is 417 g/mol. The minimum Gasteiger partial charge on any atom is -0.456 e. The van der Waals surface area contributed by atoms with Gasteiger partial charge in [0.25, 0.3) is 0 Å². The Balaban J connectivity index is 2.01. The third-order valence-corrected chi connectivity index (χ3v) is 4.40. The van der Waals surface area contributed by atoms with Crippen LogP contribution in [-0.4, -0.2) is 48.2 Å². The van der Waals surface area contributed by atoms with E-state index in [2.05, 4.69) is 11.9 Å². The second-order valence-electron chi connectivity index (χ2n) is 8.02. The Morgan fingerprint density at radius 2 is 1.90 bits per heavy atom. The maximum Gasteiger partial charge on any atom is 0.508 e. The number of hydrogen-bond donors (Lipinski definition) is 1. The smallest absolute Gasteiger partial charge is 0.456 e. The van der Waals surface area contributed by atoms with Gasteiger partial charge in [-0.2, -0.15) is 0 Å². The quantitative estimate of drug-likeness (QED) is 0.300. The van der Waals surface area contributed by atoms with Gasteiger partial charge in [0.1, 0.15) is 18.3 Å². The van der Waals surface area contributed by atoms with Crippen LogP contribution in [-0.2, 0) is 19.0 Å². The maximum atomic E-state index is 12.7. The van der Waals surface area contributed by atoms with Gasteiger partial charge < -0.3 is 19.5 Å². The van der Waals surface area contributed by atoms with Crippen LogP contribution in [0.3, 0.4) is 0 Å². The number of β-lactam (4-membered cyclic amide) rings is 1. The summed E-state index contributed by atoms with van der Waals surface area (Å²) in [7, 11) is 0. The predicted molar refractivity (Wildman–Crippen MR) is 108 cm³/mol. The van der Waals surface area contributed by atoms with Crippen molar-refractivity contribution in [3.05, 3.63) is 48.0 Å². The average Bonchev–Trinajstić information content (AvgIpc) is 2.64. The molecular formula is C22H27NO7. The Hall–Kier alpha value is -3.16. The molecular weight excluding hydrogens is 390 g/mol. The van der Waals surface area contributed by atoms with E-state index in [1.165, 1.54) is 12.1 Å². The molecule has 0 spiro atoms. The van der Waals surface area contributed by atoms with Crippen molar-refractivity contribution in [2.45, 2.75) is 51.9 Å². The summed E-state index contributed by atoms with van der Waals surface area (Å²) in [4.78, 5) is 48.4. The first-order valence-electron chi connectivity index (χ1n) is 9.63. The first-order valence-corrected chi connectivity index (χ1v) is 9.63. The van der Waals surface area contributed by atoms with Crippen molar-refractivity contribution in [3.63, 3.8) is 0 Å². The summed E-state index contributed by atoms with van der Waals surface area (Å²) in [5, 5.41) is 2.66. The lowest BCUT2D eigenvalue weighted by Gasteiger charge is -2.39. The molecule has 0 aromatic heterocycles. The fourth-order valence-corrected chi connectivity index (χ4v) is 3.03. The highest BCUT2D eigenvalue weighted by atomic mass is 16.7. The highest BCUT2D eigenvalue weighted by Crippen LogP contribution is 2.26. The molecule has 0 saturated carbocycles. The largest absolute Gasteiger partial charge is 0.508 e. The number of hydrogen-bond acceptors (Lipinski definition) is 7. The second-order valence-corrected chi connectivity index (χ2v) is 8.02. The number of ether oxygens (including phenoxy) is 3. The zero-order chi connectivity index (χ0) is 22.5. The van der Waals surface area contributed by atoms with E-state index in [1.807, 2.05) is 0 Å². The molecule has 3 atom stereocenters. The summed E-state index contributed by atoms with van der Waals surface area (Å²) < 4.78 is 15.2. The number of ketones is 1. The highest BCUT2D eigenvalue weighted by Gasteiger charge is 2.45. The van der Waals surface area contributed by atoms with Gasteiger partial charge in [-0.15, -0.1) is 0 Å². The van der Waals surface area contributed by atoms with Crippen LogP contribution < -0.4 is 5.32 Å². The van der Waals surface area contributed by atoms with Crippen LogP contribution in [0.4, 0.5) is 4.79 Å². The molecule has 1 aromatic carbocycles. The highest BCUT2D eigenvalue weighted by molar-refractivity contribution is 6.00. The van der Waals surface area contributed by atoms with Gasteiger partial charge in [-0.1, -0.05) is 24.8 Å². The van der Waals surface area contributed by atoms with E-state index in [4.69, 9.17) is 14.2 Å². The zero-order valence-electron chi connectivity index (χ0n) is 17.6. The third kappa shape index (κ3) is 6.17. The molecule has 162 valence electrons. The molecule has 1 aliphatic heterocycles. The number of rotatable bonds is 8. The van der Waals surface area contributed by atoms with Crippen molar-refractivity contribution in [3.8, 4) is 0 Å². The third-order valence-electron chi connectivity index (χ3n) is 4.40. The number of carbonyl (C=O) groups excluding carboxylic acids is 4. The summed E-state index contributed by atoms with van der Waals surface area (Å²) >= 11 is 0. The van der Waals surface area contributed by atoms with Gasteiger partial charge in [0.05, 0.1) is 17.5 Å².